The maximum atomic E-state index is 11.5. The van der Waals surface area contributed by atoms with Crippen LogP contribution < -0.4 is 10.6 Å². The molecule has 3 nitrogen and oxygen atoms in total. The van der Waals surface area contributed by atoms with Crippen molar-refractivity contribution in [2.45, 2.75) is 45.1 Å². The highest BCUT2D eigenvalue weighted by atomic mass is 16.1. The number of carbonyl (C=O) groups is 1. The fourth-order valence-corrected chi connectivity index (χ4v) is 1.75. The molecule has 1 saturated carbocycles. The Morgan fingerprint density at radius 3 is 2.57 bits per heavy atom. The van der Waals surface area contributed by atoms with E-state index in [9.17, 15) is 4.79 Å². The van der Waals surface area contributed by atoms with E-state index in [-0.39, 0.29) is 11.4 Å². The van der Waals surface area contributed by atoms with Gasteiger partial charge in [-0.3, -0.25) is 4.79 Å². The summed E-state index contributed by atoms with van der Waals surface area (Å²) in [6.07, 6.45) is 4.09. The molecule has 1 fully saturated rings. The van der Waals surface area contributed by atoms with Crippen LogP contribution >= 0.6 is 0 Å². The van der Waals surface area contributed by atoms with Gasteiger partial charge in [0.1, 0.15) is 0 Å². The molecule has 0 atom stereocenters. The summed E-state index contributed by atoms with van der Waals surface area (Å²) in [5.74, 6) is 0.896. The Bertz CT molecular complexity index is 197. The van der Waals surface area contributed by atoms with Crippen LogP contribution in [0.5, 0.6) is 0 Å². The van der Waals surface area contributed by atoms with Crippen LogP contribution in [-0.4, -0.2) is 25.0 Å². The molecule has 82 valence electrons. The number of hydrogen-bond donors (Lipinski definition) is 2. The zero-order valence-corrected chi connectivity index (χ0v) is 9.52. The maximum Gasteiger partial charge on any atom is 0.220 e. The summed E-state index contributed by atoms with van der Waals surface area (Å²) < 4.78 is 0. The van der Waals surface area contributed by atoms with Crippen LogP contribution in [0.2, 0.25) is 0 Å². The Morgan fingerprint density at radius 2 is 2.07 bits per heavy atom. The molecule has 0 spiro atoms. The molecule has 0 aromatic heterocycles. The monoisotopic (exact) mass is 198 g/mol. The molecule has 0 aromatic carbocycles. The molecule has 0 saturated heterocycles. The first-order valence-corrected chi connectivity index (χ1v) is 5.52. The third kappa shape index (κ3) is 3.66. The molecule has 0 aliphatic heterocycles. The lowest BCUT2D eigenvalue weighted by molar-refractivity contribution is -0.123. The molecule has 0 aromatic rings. The highest BCUT2D eigenvalue weighted by molar-refractivity contribution is 5.76. The highest BCUT2D eigenvalue weighted by Gasteiger charge is 2.38. The normalized spacial score (nSPS) is 16.8. The number of hydrogen-bond acceptors (Lipinski definition) is 2. The molecule has 1 aliphatic rings. The van der Waals surface area contributed by atoms with Gasteiger partial charge in [-0.25, -0.2) is 0 Å². The van der Waals surface area contributed by atoms with Crippen LogP contribution in [0.4, 0.5) is 0 Å². The van der Waals surface area contributed by atoms with Gasteiger partial charge in [0.05, 0.1) is 0 Å². The molecule has 14 heavy (non-hydrogen) atoms. The third-order valence-electron chi connectivity index (χ3n) is 2.89. The van der Waals surface area contributed by atoms with Crippen molar-refractivity contribution in [1.82, 2.24) is 10.6 Å². The predicted molar refractivity (Wildman–Crippen MR) is 58.1 cm³/mol. The van der Waals surface area contributed by atoms with Gasteiger partial charge in [-0.1, -0.05) is 0 Å². The summed E-state index contributed by atoms with van der Waals surface area (Å²) in [7, 11) is 1.91. The van der Waals surface area contributed by atoms with Crippen molar-refractivity contribution >= 4 is 5.91 Å². The minimum atomic E-state index is 0.0106. The van der Waals surface area contributed by atoms with Crippen molar-refractivity contribution in [2.24, 2.45) is 5.92 Å². The van der Waals surface area contributed by atoms with Gasteiger partial charge >= 0.3 is 0 Å². The van der Waals surface area contributed by atoms with Crippen LogP contribution in [0, 0.1) is 5.92 Å². The van der Waals surface area contributed by atoms with Crippen molar-refractivity contribution in [3.8, 4) is 0 Å². The zero-order valence-electron chi connectivity index (χ0n) is 9.52. The Morgan fingerprint density at radius 1 is 1.43 bits per heavy atom. The van der Waals surface area contributed by atoms with Crippen molar-refractivity contribution < 1.29 is 4.79 Å². The van der Waals surface area contributed by atoms with Gasteiger partial charge in [-0.2, -0.15) is 0 Å². The van der Waals surface area contributed by atoms with E-state index in [0.29, 0.717) is 12.3 Å². The van der Waals surface area contributed by atoms with E-state index in [1.165, 1.54) is 12.8 Å². The molecule has 1 rings (SSSR count). The molecule has 2 N–H and O–H groups in total. The van der Waals surface area contributed by atoms with Crippen molar-refractivity contribution in [1.29, 1.82) is 0 Å². The number of carbonyl (C=O) groups excluding carboxylic acids is 1. The predicted octanol–water partition coefficient (Wildman–Crippen LogP) is 1.29. The number of nitrogens with one attached hydrogen (secondary N) is 2. The maximum absolute atomic E-state index is 11.5. The van der Waals surface area contributed by atoms with E-state index in [2.05, 4.69) is 24.5 Å². The Hall–Kier alpha value is -0.570. The van der Waals surface area contributed by atoms with Gasteiger partial charge < -0.3 is 10.6 Å². The first kappa shape index (κ1) is 11.5. The van der Waals surface area contributed by atoms with Gasteiger partial charge in [-0.05, 0) is 52.6 Å². The second kappa shape index (κ2) is 4.78. The second-order valence-corrected chi connectivity index (χ2v) is 4.75. The van der Waals surface area contributed by atoms with Gasteiger partial charge in [0.15, 0.2) is 0 Å². The van der Waals surface area contributed by atoms with E-state index < -0.39 is 0 Å². The lowest BCUT2D eigenvalue weighted by Crippen LogP contribution is -2.45. The second-order valence-electron chi connectivity index (χ2n) is 4.75. The summed E-state index contributed by atoms with van der Waals surface area (Å²) in [4.78, 5) is 11.5. The van der Waals surface area contributed by atoms with Crippen molar-refractivity contribution in [2.75, 3.05) is 13.6 Å². The fraction of sp³-hybridized carbons (Fsp3) is 0.909. The Labute approximate surface area is 86.6 Å². The summed E-state index contributed by atoms with van der Waals surface area (Å²) in [6.45, 7) is 5.17. The Balaban J connectivity index is 2.18. The molecule has 1 amide bonds. The SMILES string of the molecule is CNCCCC(=O)NC(C)(C)C1CC1. The largest absolute Gasteiger partial charge is 0.351 e. The van der Waals surface area contributed by atoms with E-state index >= 15 is 0 Å². The van der Waals surface area contributed by atoms with Crippen LogP contribution in [0.25, 0.3) is 0 Å². The molecule has 3 heteroatoms. The zero-order chi connectivity index (χ0) is 10.6. The topological polar surface area (TPSA) is 41.1 Å². The van der Waals surface area contributed by atoms with E-state index in [0.717, 1.165) is 13.0 Å². The van der Waals surface area contributed by atoms with Gasteiger partial charge in [-0.15, -0.1) is 0 Å². The lowest BCUT2D eigenvalue weighted by atomic mass is 9.98. The quantitative estimate of drug-likeness (QED) is 0.631. The van der Waals surface area contributed by atoms with Crippen LogP contribution in [0.1, 0.15) is 39.5 Å². The summed E-state index contributed by atoms with van der Waals surface area (Å²) >= 11 is 0. The van der Waals surface area contributed by atoms with E-state index in [4.69, 9.17) is 0 Å². The van der Waals surface area contributed by atoms with Crippen molar-refractivity contribution in [3.63, 3.8) is 0 Å². The van der Waals surface area contributed by atoms with Crippen LogP contribution in [0.3, 0.4) is 0 Å². The molecular weight excluding hydrogens is 176 g/mol. The van der Waals surface area contributed by atoms with E-state index in [1.54, 1.807) is 0 Å². The minimum Gasteiger partial charge on any atom is -0.351 e. The molecule has 0 unspecified atom stereocenters. The summed E-state index contributed by atoms with van der Waals surface area (Å²) in [5, 5.41) is 6.15. The van der Waals surface area contributed by atoms with Crippen LogP contribution in [-0.2, 0) is 4.79 Å². The molecule has 0 bridgehead atoms. The third-order valence-corrected chi connectivity index (χ3v) is 2.89. The first-order valence-electron chi connectivity index (χ1n) is 5.52. The molecule has 1 aliphatic carbocycles. The Kier molecular flexibility index (Phi) is 3.93. The van der Waals surface area contributed by atoms with Crippen LogP contribution in [0.15, 0.2) is 0 Å². The summed E-state index contributed by atoms with van der Waals surface area (Å²) in [5.41, 5.74) is 0.0106. The number of rotatable bonds is 6. The molecular formula is C11H22N2O. The standard InChI is InChI=1S/C11H22N2O/c1-11(2,9-6-7-9)13-10(14)5-4-8-12-3/h9,12H,4-8H2,1-3H3,(H,13,14). The minimum absolute atomic E-state index is 0.0106. The average molecular weight is 198 g/mol. The summed E-state index contributed by atoms with van der Waals surface area (Å²) in [6, 6.07) is 0. The van der Waals surface area contributed by atoms with Gasteiger partial charge in [0, 0.05) is 12.0 Å². The smallest absolute Gasteiger partial charge is 0.220 e. The lowest BCUT2D eigenvalue weighted by Gasteiger charge is -2.26. The average Bonchev–Trinajstić information content (AvgIpc) is 2.85. The van der Waals surface area contributed by atoms with E-state index in [1.807, 2.05) is 7.05 Å². The fourth-order valence-electron chi connectivity index (χ4n) is 1.75. The first-order chi connectivity index (χ1) is 6.56. The van der Waals surface area contributed by atoms with Gasteiger partial charge in [0.2, 0.25) is 5.91 Å². The highest BCUT2D eigenvalue weighted by Crippen LogP contribution is 2.39. The number of amides is 1. The van der Waals surface area contributed by atoms with Gasteiger partial charge in [0.25, 0.3) is 0 Å². The molecule has 0 radical (unpaired) electrons. The van der Waals surface area contributed by atoms with Crippen molar-refractivity contribution in [3.05, 3.63) is 0 Å². The molecule has 0 heterocycles.